The van der Waals surface area contributed by atoms with Crippen molar-refractivity contribution >= 4 is 53.4 Å². The number of carbonyl (C=O) groups is 2. The van der Waals surface area contributed by atoms with Gasteiger partial charge in [-0.1, -0.05) is 35.9 Å². The highest BCUT2D eigenvalue weighted by atomic mass is 35.5. The van der Waals surface area contributed by atoms with Crippen LogP contribution in [0.3, 0.4) is 0 Å². The predicted molar refractivity (Wildman–Crippen MR) is 219 cm³/mol. The molecule has 9 atom stereocenters. The number of carbonyl (C=O) groups excluding carboxylic acids is 2. The van der Waals surface area contributed by atoms with Gasteiger partial charge >= 0.3 is 0 Å². The first-order valence-electron chi connectivity index (χ1n) is 18.6. The highest BCUT2D eigenvalue weighted by Gasteiger charge is 2.34. The minimum atomic E-state index is -1.91. The molecule has 0 fully saturated rings. The molecule has 24 heteroatoms. The Morgan fingerprint density at radius 2 is 1.25 bits per heavy atom. The van der Waals surface area contributed by atoms with Gasteiger partial charge in [-0.2, -0.15) is 0 Å². The number of aliphatic imine (C=N–C) groups is 1. The van der Waals surface area contributed by atoms with Crippen LogP contribution < -0.4 is 33.6 Å². The van der Waals surface area contributed by atoms with E-state index in [2.05, 4.69) is 25.6 Å². The van der Waals surface area contributed by atoms with Crippen LogP contribution in [0.5, 0.6) is 0 Å². The standard InChI is InChI=1S/C35H59ClN10O12.ClH/c36-30-32(38)44-31(37)25(43-30)34(58)45-35(40)42-11-2-1-4-18-5-7-19(8-6-18)9-10-20(33(39)57)41-12-3-13-46(14-21(49)26(53)28(55)23(51)16-47)15-22(50)27(54)29(56)24(52)17-48;/h5-8,20-24,26-29,41,47-56H,1-4,9-17H2,(H2,39,57)(H4,37,38,44)(H3,40,42,45,58);1H/t20-,21-,22-,23+,24+,26+,27+,28+,29+;/m0./s1. The summed E-state index contributed by atoms with van der Waals surface area (Å²) in [5, 5.41) is 104. The molecule has 0 bridgehead atoms. The molecular weight excluding hydrogens is 823 g/mol. The molecule has 2 rings (SSSR count). The number of amides is 2. The Morgan fingerprint density at radius 3 is 1.76 bits per heavy atom. The van der Waals surface area contributed by atoms with Crippen LogP contribution in [0.1, 0.15) is 47.3 Å². The molecule has 0 aliphatic carbocycles. The maximum absolute atomic E-state index is 12.4. The number of benzene rings is 1. The lowest BCUT2D eigenvalue weighted by Gasteiger charge is -2.33. The average Bonchev–Trinajstić information content (AvgIpc) is 3.19. The van der Waals surface area contributed by atoms with E-state index in [1.807, 2.05) is 24.3 Å². The van der Waals surface area contributed by atoms with Crippen LogP contribution in [0.25, 0.3) is 0 Å². The van der Waals surface area contributed by atoms with E-state index in [1.165, 1.54) is 4.90 Å². The number of hydrogen-bond acceptors (Lipinski definition) is 19. The molecule has 0 saturated heterocycles. The molecule has 0 radical (unpaired) electrons. The fourth-order valence-electron chi connectivity index (χ4n) is 5.70. The summed E-state index contributed by atoms with van der Waals surface area (Å²) in [6.07, 6.45) is -11.2. The summed E-state index contributed by atoms with van der Waals surface area (Å²) < 4.78 is 0. The summed E-state index contributed by atoms with van der Waals surface area (Å²) in [6, 6.07) is 7.12. The zero-order valence-corrected chi connectivity index (χ0v) is 33.9. The number of nitrogen functional groups attached to an aromatic ring is 2. The number of guanidine groups is 1. The van der Waals surface area contributed by atoms with Gasteiger partial charge in [0.2, 0.25) is 5.91 Å². The number of aryl methyl sites for hydroxylation is 2. The minimum absolute atomic E-state index is 0. The monoisotopic (exact) mass is 882 g/mol. The highest BCUT2D eigenvalue weighted by Crippen LogP contribution is 2.17. The van der Waals surface area contributed by atoms with Crippen molar-refractivity contribution in [2.24, 2.45) is 16.5 Å². The van der Waals surface area contributed by atoms with Crippen molar-refractivity contribution in [1.82, 2.24) is 25.5 Å². The van der Waals surface area contributed by atoms with Crippen LogP contribution in [0.15, 0.2) is 29.3 Å². The van der Waals surface area contributed by atoms with Crippen molar-refractivity contribution in [1.29, 1.82) is 0 Å². The largest absolute Gasteiger partial charge is 0.394 e. The lowest BCUT2D eigenvalue weighted by molar-refractivity contribution is -0.130. The van der Waals surface area contributed by atoms with Gasteiger partial charge in [0.1, 0.15) is 36.6 Å². The van der Waals surface area contributed by atoms with Crippen LogP contribution in [0.2, 0.25) is 5.15 Å². The molecule has 1 aromatic carbocycles. The van der Waals surface area contributed by atoms with E-state index in [0.29, 0.717) is 25.8 Å². The number of anilines is 2. The Labute approximate surface area is 352 Å². The van der Waals surface area contributed by atoms with Crippen molar-refractivity contribution in [3.05, 3.63) is 46.2 Å². The summed E-state index contributed by atoms with van der Waals surface area (Å²) >= 11 is 5.81. The first-order chi connectivity index (χ1) is 27.4. The second-order valence-electron chi connectivity index (χ2n) is 13.8. The van der Waals surface area contributed by atoms with Gasteiger partial charge in [-0.25, -0.2) is 9.97 Å². The number of nitrogens with two attached hydrogens (primary N) is 4. The van der Waals surface area contributed by atoms with E-state index in [-0.39, 0.29) is 60.4 Å². The van der Waals surface area contributed by atoms with Gasteiger partial charge in [-0.15, -0.1) is 12.4 Å². The van der Waals surface area contributed by atoms with Crippen LogP contribution >= 0.6 is 24.0 Å². The first kappa shape index (κ1) is 53.4. The minimum Gasteiger partial charge on any atom is -0.394 e. The third-order valence-corrected chi connectivity index (χ3v) is 9.47. The number of hydrogen-bond donors (Lipinski definition) is 16. The Hall–Kier alpha value is -3.59. The summed E-state index contributed by atoms with van der Waals surface area (Å²) in [5.41, 5.74) is 24.5. The SMILES string of the molecule is Cl.NC(=O)[C@H](CCc1ccc(CCCCN=C(N)NC(=O)c2nc(Cl)c(N)nc2N)cc1)NCCCN(C[C@H](O)[C@@H](O)[C@H](O)[C@H](O)CO)C[C@H](O)[C@@H](O)[C@H](O)[C@H](O)CO. The Kier molecular flexibility index (Phi) is 24.7. The van der Waals surface area contributed by atoms with E-state index in [9.17, 15) is 50.4 Å². The fourth-order valence-corrected chi connectivity index (χ4v) is 5.83. The number of rotatable bonds is 27. The van der Waals surface area contributed by atoms with E-state index in [1.54, 1.807) is 0 Å². The number of nitrogens with zero attached hydrogens (tertiary/aromatic N) is 4. The van der Waals surface area contributed by atoms with Gasteiger partial charge in [0.25, 0.3) is 5.91 Å². The van der Waals surface area contributed by atoms with Gasteiger partial charge in [0, 0.05) is 19.6 Å². The fraction of sp³-hybridized carbons (Fsp3) is 0.629. The van der Waals surface area contributed by atoms with Crippen molar-refractivity contribution in [3.8, 4) is 0 Å². The normalized spacial score (nSPS) is 16.6. The van der Waals surface area contributed by atoms with Crippen molar-refractivity contribution in [2.45, 2.75) is 93.4 Å². The molecule has 0 spiro atoms. The van der Waals surface area contributed by atoms with E-state index < -0.39 is 93.0 Å². The molecule has 2 amide bonds. The third kappa shape index (κ3) is 18.3. The first-order valence-corrected chi connectivity index (χ1v) is 19.0. The highest BCUT2D eigenvalue weighted by molar-refractivity contribution is 6.31. The average molecular weight is 884 g/mol. The molecule has 59 heavy (non-hydrogen) atoms. The quantitative estimate of drug-likeness (QED) is 0.0226. The summed E-state index contributed by atoms with van der Waals surface area (Å²) in [7, 11) is 0. The molecule has 1 heterocycles. The van der Waals surface area contributed by atoms with Crippen LogP contribution in [0, 0.1) is 0 Å². The Bertz CT molecular complexity index is 1560. The smallest absolute Gasteiger partial charge is 0.280 e. The second kappa shape index (κ2) is 27.3. The van der Waals surface area contributed by atoms with Crippen molar-refractivity contribution in [3.63, 3.8) is 0 Å². The second-order valence-corrected chi connectivity index (χ2v) is 14.1. The van der Waals surface area contributed by atoms with Crippen LogP contribution in [-0.4, -0.2) is 185 Å². The molecule has 0 saturated carbocycles. The van der Waals surface area contributed by atoms with E-state index in [0.717, 1.165) is 24.0 Å². The topological polar surface area (TPSA) is 406 Å². The number of nitrogens with one attached hydrogen (secondary N) is 2. The molecule has 336 valence electrons. The molecule has 2 aromatic rings. The number of primary amides is 1. The van der Waals surface area contributed by atoms with Crippen molar-refractivity contribution in [2.75, 3.05) is 57.4 Å². The number of aromatic nitrogens is 2. The van der Waals surface area contributed by atoms with E-state index >= 15 is 0 Å². The van der Waals surface area contributed by atoms with Gasteiger partial charge in [-0.05, 0) is 62.7 Å². The van der Waals surface area contributed by atoms with Gasteiger partial charge in [0.05, 0.1) is 31.5 Å². The number of unbranched alkanes of at least 4 members (excludes halogenated alkanes) is 1. The summed E-state index contributed by atoms with van der Waals surface area (Å²) in [4.78, 5) is 37.7. The number of halogens is 2. The number of aliphatic hydroxyl groups excluding tert-OH is 10. The summed E-state index contributed by atoms with van der Waals surface area (Å²) in [6.45, 7) is -1.95. The molecule has 0 aliphatic rings. The number of aliphatic hydroxyl groups is 10. The third-order valence-electron chi connectivity index (χ3n) is 9.19. The Morgan fingerprint density at radius 1 is 0.746 bits per heavy atom. The van der Waals surface area contributed by atoms with Crippen LogP contribution in [0.4, 0.5) is 11.6 Å². The molecule has 0 unspecified atom stereocenters. The molecule has 20 N–H and O–H groups in total. The zero-order chi connectivity index (χ0) is 43.5. The molecule has 0 aliphatic heterocycles. The lowest BCUT2D eigenvalue weighted by atomic mass is 10.0. The molecule has 22 nitrogen and oxygen atoms in total. The maximum Gasteiger partial charge on any atom is 0.280 e. The maximum atomic E-state index is 12.4. The van der Waals surface area contributed by atoms with Gasteiger partial charge < -0.3 is 79.3 Å². The van der Waals surface area contributed by atoms with Gasteiger partial charge in [-0.3, -0.25) is 24.8 Å². The zero-order valence-electron chi connectivity index (χ0n) is 32.4. The Balaban J connectivity index is 0.0000174. The lowest BCUT2D eigenvalue weighted by Crippen LogP contribution is -2.53. The van der Waals surface area contributed by atoms with Gasteiger partial charge in [0.15, 0.2) is 28.4 Å². The predicted octanol–water partition coefficient (Wildman–Crippen LogP) is -5.28. The molecule has 1 aromatic heterocycles. The van der Waals surface area contributed by atoms with Crippen LogP contribution in [-0.2, 0) is 17.6 Å². The van der Waals surface area contributed by atoms with E-state index in [4.69, 9.17) is 44.7 Å². The van der Waals surface area contributed by atoms with Crippen molar-refractivity contribution < 1.29 is 60.7 Å². The molecular formula is C35H60Cl2N10O12. The summed E-state index contributed by atoms with van der Waals surface area (Å²) in [5.74, 6) is -1.75.